The number of benzene rings is 2. The lowest BCUT2D eigenvalue weighted by atomic mass is 10.1. The highest BCUT2D eigenvalue weighted by Crippen LogP contribution is 2.22. The molecule has 1 atom stereocenters. The van der Waals surface area contributed by atoms with Crippen molar-refractivity contribution in [2.75, 3.05) is 13.1 Å². The Morgan fingerprint density at radius 3 is 2.54 bits per heavy atom. The number of urea groups is 1. The number of rotatable bonds is 7. The molecule has 0 saturated heterocycles. The van der Waals surface area contributed by atoms with Crippen molar-refractivity contribution in [2.24, 2.45) is 0 Å². The second-order valence-corrected chi connectivity index (χ2v) is 6.65. The maximum absolute atomic E-state index is 13.1. The normalized spacial score (nSPS) is 11.5. The maximum atomic E-state index is 13.1. The fourth-order valence-corrected chi connectivity index (χ4v) is 3.05. The first-order valence-corrected chi connectivity index (χ1v) is 9.05. The van der Waals surface area contributed by atoms with Crippen molar-refractivity contribution < 1.29 is 14.0 Å². The van der Waals surface area contributed by atoms with Gasteiger partial charge in [0.2, 0.25) is 5.91 Å². The quantitative estimate of drug-likeness (QED) is 0.600. The van der Waals surface area contributed by atoms with Gasteiger partial charge in [0.25, 0.3) is 0 Å². The largest absolute Gasteiger partial charge is 0.354 e. The summed E-state index contributed by atoms with van der Waals surface area (Å²) in [7, 11) is 0. The lowest BCUT2D eigenvalue weighted by Gasteiger charge is -2.16. The van der Waals surface area contributed by atoms with E-state index in [4.69, 9.17) is 0 Å². The second-order valence-electron chi connectivity index (χ2n) is 5.80. The molecule has 0 fully saturated rings. The predicted molar refractivity (Wildman–Crippen MR) is 102 cm³/mol. The van der Waals surface area contributed by atoms with E-state index in [1.165, 1.54) is 12.1 Å². The Morgan fingerprint density at radius 2 is 1.81 bits per heavy atom. The van der Waals surface area contributed by atoms with Gasteiger partial charge in [-0.1, -0.05) is 46.3 Å². The van der Waals surface area contributed by atoms with E-state index in [1.54, 1.807) is 12.1 Å². The fraction of sp³-hybridized carbons (Fsp3) is 0.263. The van der Waals surface area contributed by atoms with E-state index in [1.807, 2.05) is 31.2 Å². The monoisotopic (exact) mass is 421 g/mol. The zero-order valence-electron chi connectivity index (χ0n) is 14.4. The SMILES string of the molecule is CC(NC(=O)NCCNC(=O)Cc1cccc(F)c1)c1ccccc1Br. The van der Waals surface area contributed by atoms with E-state index in [0.29, 0.717) is 18.7 Å². The van der Waals surface area contributed by atoms with Crippen LogP contribution < -0.4 is 16.0 Å². The van der Waals surface area contributed by atoms with Crippen LogP contribution in [0, 0.1) is 5.82 Å². The van der Waals surface area contributed by atoms with E-state index < -0.39 is 0 Å². The molecular weight excluding hydrogens is 401 g/mol. The average molecular weight is 422 g/mol. The number of carbonyl (C=O) groups is 2. The Morgan fingerprint density at radius 1 is 1.08 bits per heavy atom. The summed E-state index contributed by atoms with van der Waals surface area (Å²) in [4.78, 5) is 23.7. The Kier molecular flexibility index (Phi) is 7.59. The van der Waals surface area contributed by atoms with E-state index in [0.717, 1.165) is 10.0 Å². The summed E-state index contributed by atoms with van der Waals surface area (Å²) in [6, 6.07) is 13.1. The van der Waals surface area contributed by atoms with Crippen LogP contribution in [0.25, 0.3) is 0 Å². The van der Waals surface area contributed by atoms with Crippen LogP contribution in [-0.2, 0) is 11.2 Å². The van der Waals surface area contributed by atoms with Gasteiger partial charge in [-0.3, -0.25) is 4.79 Å². The molecule has 2 aromatic carbocycles. The molecule has 0 aliphatic heterocycles. The standard InChI is InChI=1S/C19H21BrFN3O2/c1-13(16-7-2-3-8-17(16)20)24-19(26)23-10-9-22-18(25)12-14-5-4-6-15(21)11-14/h2-8,11,13H,9-10,12H2,1H3,(H,22,25)(H2,23,24,26). The fourth-order valence-electron chi connectivity index (χ4n) is 2.42. The lowest BCUT2D eigenvalue weighted by Crippen LogP contribution is -2.41. The van der Waals surface area contributed by atoms with Crippen LogP contribution >= 0.6 is 15.9 Å². The van der Waals surface area contributed by atoms with Crippen LogP contribution in [0.15, 0.2) is 53.0 Å². The molecule has 0 aliphatic rings. The zero-order valence-corrected chi connectivity index (χ0v) is 16.0. The number of hydrogen-bond donors (Lipinski definition) is 3. The number of amides is 3. The third-order valence-electron chi connectivity index (χ3n) is 3.71. The third kappa shape index (κ3) is 6.48. The van der Waals surface area contributed by atoms with E-state index in [2.05, 4.69) is 31.9 Å². The molecule has 0 aromatic heterocycles. The molecule has 0 radical (unpaired) electrons. The van der Waals surface area contributed by atoms with Crippen molar-refractivity contribution in [2.45, 2.75) is 19.4 Å². The van der Waals surface area contributed by atoms with Gasteiger partial charge < -0.3 is 16.0 Å². The van der Waals surface area contributed by atoms with Crippen molar-refractivity contribution in [3.05, 3.63) is 69.9 Å². The molecule has 3 N–H and O–H groups in total. The number of carbonyl (C=O) groups excluding carboxylic acids is 2. The van der Waals surface area contributed by atoms with E-state index >= 15 is 0 Å². The van der Waals surface area contributed by atoms with Gasteiger partial charge in [0.05, 0.1) is 12.5 Å². The molecule has 1 unspecified atom stereocenters. The van der Waals surface area contributed by atoms with Gasteiger partial charge in [-0.15, -0.1) is 0 Å². The van der Waals surface area contributed by atoms with Gasteiger partial charge in [-0.2, -0.15) is 0 Å². The first-order valence-electron chi connectivity index (χ1n) is 8.25. The Bertz CT molecular complexity index is 770. The molecule has 5 nitrogen and oxygen atoms in total. The molecule has 0 spiro atoms. The highest BCUT2D eigenvalue weighted by atomic mass is 79.9. The van der Waals surface area contributed by atoms with Gasteiger partial charge in [-0.25, -0.2) is 9.18 Å². The minimum absolute atomic E-state index is 0.100. The summed E-state index contributed by atoms with van der Waals surface area (Å²) in [6.07, 6.45) is 0.100. The van der Waals surface area contributed by atoms with Crippen LogP contribution in [0.5, 0.6) is 0 Å². The summed E-state index contributed by atoms with van der Waals surface area (Å²) >= 11 is 3.46. The highest BCUT2D eigenvalue weighted by Gasteiger charge is 2.11. The summed E-state index contributed by atoms with van der Waals surface area (Å²) in [5, 5.41) is 8.22. The van der Waals surface area contributed by atoms with Crippen molar-refractivity contribution in [1.29, 1.82) is 0 Å². The number of nitrogens with one attached hydrogen (secondary N) is 3. The zero-order chi connectivity index (χ0) is 18.9. The third-order valence-corrected chi connectivity index (χ3v) is 4.43. The summed E-state index contributed by atoms with van der Waals surface area (Å²) < 4.78 is 14.0. The Hall–Kier alpha value is -2.41. The molecule has 0 aliphatic carbocycles. The van der Waals surface area contributed by atoms with Crippen LogP contribution in [0.1, 0.15) is 24.1 Å². The van der Waals surface area contributed by atoms with Crippen molar-refractivity contribution >= 4 is 27.9 Å². The molecule has 138 valence electrons. The number of halogens is 2. The van der Waals surface area contributed by atoms with E-state index in [9.17, 15) is 14.0 Å². The minimum atomic E-state index is -0.368. The van der Waals surface area contributed by atoms with Crippen molar-refractivity contribution in [1.82, 2.24) is 16.0 Å². The highest BCUT2D eigenvalue weighted by molar-refractivity contribution is 9.10. The van der Waals surface area contributed by atoms with Crippen LogP contribution in [-0.4, -0.2) is 25.0 Å². The Balaban J connectivity index is 1.67. The average Bonchev–Trinajstić information content (AvgIpc) is 2.59. The van der Waals surface area contributed by atoms with E-state index in [-0.39, 0.29) is 30.2 Å². The molecule has 2 aromatic rings. The van der Waals surface area contributed by atoms with Gasteiger partial charge >= 0.3 is 6.03 Å². The molecule has 0 saturated carbocycles. The molecule has 0 bridgehead atoms. The van der Waals surface area contributed by atoms with Crippen LogP contribution in [0.3, 0.4) is 0 Å². The predicted octanol–water partition coefficient (Wildman–Crippen LogP) is 3.31. The minimum Gasteiger partial charge on any atom is -0.354 e. The first-order chi connectivity index (χ1) is 12.5. The number of hydrogen-bond acceptors (Lipinski definition) is 2. The van der Waals surface area contributed by atoms with Crippen molar-refractivity contribution in [3.8, 4) is 0 Å². The summed E-state index contributed by atoms with van der Waals surface area (Å²) in [5.41, 5.74) is 1.58. The molecule has 2 rings (SSSR count). The van der Waals surface area contributed by atoms with Gasteiger partial charge in [-0.05, 0) is 36.2 Å². The molecule has 0 heterocycles. The topological polar surface area (TPSA) is 70.2 Å². The Labute approximate surface area is 160 Å². The smallest absolute Gasteiger partial charge is 0.315 e. The van der Waals surface area contributed by atoms with Gasteiger partial charge in [0, 0.05) is 17.6 Å². The molecular formula is C19H21BrFN3O2. The maximum Gasteiger partial charge on any atom is 0.315 e. The summed E-state index contributed by atoms with van der Waals surface area (Å²) in [6.45, 7) is 2.48. The second kappa shape index (κ2) is 9.91. The molecule has 7 heteroatoms. The van der Waals surface area contributed by atoms with Crippen LogP contribution in [0.4, 0.5) is 9.18 Å². The van der Waals surface area contributed by atoms with Gasteiger partial charge in [0.15, 0.2) is 0 Å². The van der Waals surface area contributed by atoms with Crippen molar-refractivity contribution in [3.63, 3.8) is 0 Å². The first kappa shape index (κ1) is 19.9. The van der Waals surface area contributed by atoms with Crippen LogP contribution in [0.2, 0.25) is 0 Å². The molecule has 3 amide bonds. The van der Waals surface area contributed by atoms with Gasteiger partial charge in [0.1, 0.15) is 5.82 Å². The molecule has 26 heavy (non-hydrogen) atoms. The lowest BCUT2D eigenvalue weighted by molar-refractivity contribution is -0.120. The summed E-state index contributed by atoms with van der Waals surface area (Å²) in [5.74, 6) is -0.591.